The maximum Gasteiger partial charge on any atom is 0.319 e. The maximum absolute atomic E-state index is 14.2. The molecule has 2 amide bonds. The molecular formula is C30H53FN6O4. The molecule has 0 radical (unpaired) electrons. The lowest BCUT2D eigenvalue weighted by atomic mass is 9.86. The molecule has 4 unspecified atom stereocenters. The quantitative estimate of drug-likeness (QED) is 0.122. The highest BCUT2D eigenvalue weighted by atomic mass is 19.1. The van der Waals surface area contributed by atoms with Gasteiger partial charge >= 0.3 is 6.03 Å². The summed E-state index contributed by atoms with van der Waals surface area (Å²) in [6.45, 7) is 6.24. The first-order valence-corrected chi connectivity index (χ1v) is 15.9. The van der Waals surface area contributed by atoms with Crippen molar-refractivity contribution < 1.29 is 24.1 Å². The molecule has 8 N–H and O–H groups in total. The highest BCUT2D eigenvalue weighted by Gasteiger charge is 2.36. The van der Waals surface area contributed by atoms with Crippen LogP contribution in [0.3, 0.4) is 0 Å². The Balaban J connectivity index is 1.13. The highest BCUT2D eigenvalue weighted by Crippen LogP contribution is 2.28. The van der Waals surface area contributed by atoms with Crippen molar-refractivity contribution in [2.24, 2.45) is 11.8 Å². The molecule has 1 saturated heterocycles. The fourth-order valence-electron chi connectivity index (χ4n) is 6.60. The van der Waals surface area contributed by atoms with E-state index in [4.69, 9.17) is 4.74 Å². The van der Waals surface area contributed by atoms with Crippen LogP contribution in [0.2, 0.25) is 0 Å². The van der Waals surface area contributed by atoms with Gasteiger partial charge in [-0.2, -0.15) is 0 Å². The van der Waals surface area contributed by atoms with Gasteiger partial charge in [-0.25, -0.2) is 9.18 Å². The standard InChI is InChI=1S/C30H53FN6O4/c1-3-32-28(38)5-4-13-34-29(39)20-16-26(35-18-20)27-17-23(12-14-33-27)41-22-9-7-21(8-10-22)36-30(40)37-25-15-19(2)6-11-24(25)31/h7,12,14,19-20,22-29,32-35,38-39H,3-6,8-11,13,15-18H2,1-2H3,(H2,36,37,40)/t19-,20?,22-,23?,24+,25-,26?,27?,28+,29-/m1/s1. The number of aliphatic hydroxyl groups excluding tert-OH is 2. The van der Waals surface area contributed by atoms with Gasteiger partial charge in [0.1, 0.15) is 18.6 Å². The largest absolute Gasteiger partial charge is 0.387 e. The van der Waals surface area contributed by atoms with Crippen molar-refractivity contribution in [3.63, 3.8) is 0 Å². The summed E-state index contributed by atoms with van der Waals surface area (Å²) >= 11 is 0. The second kappa shape index (κ2) is 16.2. The lowest BCUT2D eigenvalue weighted by molar-refractivity contribution is -0.00490. The SMILES string of the molecule is CCN[C@@H](O)CCCN[C@H](O)C1CNC(C2CC(O[C@@H]3CC=C(NC(=O)N[C@@H]4C[C@H](C)CC[C@@H]4F)CC3)C=CN2)C1. The first kappa shape index (κ1) is 32.2. The molecule has 2 heterocycles. The molecule has 10 atom stereocenters. The summed E-state index contributed by atoms with van der Waals surface area (Å²) in [6, 6.07) is -0.248. The maximum atomic E-state index is 14.2. The third kappa shape index (κ3) is 10.2. The van der Waals surface area contributed by atoms with E-state index < -0.39 is 24.7 Å². The Kier molecular flexibility index (Phi) is 12.7. The number of aliphatic hydroxyl groups is 2. The average Bonchev–Trinajstić information content (AvgIpc) is 3.45. The van der Waals surface area contributed by atoms with Crippen molar-refractivity contribution in [3.8, 4) is 0 Å². The number of alkyl halides is 1. The van der Waals surface area contributed by atoms with E-state index >= 15 is 0 Å². The minimum Gasteiger partial charge on any atom is -0.387 e. The predicted molar refractivity (Wildman–Crippen MR) is 157 cm³/mol. The molecule has 234 valence electrons. The molecular weight excluding hydrogens is 527 g/mol. The molecule has 4 aliphatic rings. The first-order valence-electron chi connectivity index (χ1n) is 15.9. The van der Waals surface area contributed by atoms with E-state index in [0.717, 1.165) is 63.7 Å². The van der Waals surface area contributed by atoms with Crippen molar-refractivity contribution >= 4 is 6.03 Å². The van der Waals surface area contributed by atoms with Crippen molar-refractivity contribution in [1.29, 1.82) is 0 Å². The van der Waals surface area contributed by atoms with Crippen molar-refractivity contribution in [2.45, 2.75) is 127 Å². The zero-order chi connectivity index (χ0) is 29.2. The number of halogens is 1. The van der Waals surface area contributed by atoms with Gasteiger partial charge in [0.25, 0.3) is 0 Å². The Labute approximate surface area is 244 Å². The minimum atomic E-state index is -0.970. The normalized spacial score (nSPS) is 35.3. The zero-order valence-corrected chi connectivity index (χ0v) is 24.8. The lowest BCUT2D eigenvalue weighted by Gasteiger charge is -2.34. The van der Waals surface area contributed by atoms with E-state index in [1.54, 1.807) is 0 Å². The summed E-state index contributed by atoms with van der Waals surface area (Å²) in [7, 11) is 0. The average molecular weight is 581 g/mol. The third-order valence-corrected chi connectivity index (χ3v) is 9.03. The molecule has 0 bridgehead atoms. The number of amides is 2. The van der Waals surface area contributed by atoms with Crippen LogP contribution in [0.15, 0.2) is 24.0 Å². The predicted octanol–water partition coefficient (Wildman–Crippen LogP) is 2.10. The van der Waals surface area contributed by atoms with E-state index in [-0.39, 0.29) is 36.2 Å². The molecule has 4 rings (SSSR count). The summed E-state index contributed by atoms with van der Waals surface area (Å²) in [5.74, 6) is 0.566. The second-order valence-corrected chi connectivity index (χ2v) is 12.4. The Morgan fingerprint density at radius 2 is 2.02 bits per heavy atom. The topological polar surface area (TPSA) is 139 Å². The lowest BCUT2D eigenvalue weighted by Crippen LogP contribution is -2.49. The summed E-state index contributed by atoms with van der Waals surface area (Å²) in [5, 5.41) is 39.4. The first-order chi connectivity index (χ1) is 19.8. The van der Waals surface area contributed by atoms with E-state index in [1.165, 1.54) is 0 Å². The van der Waals surface area contributed by atoms with Gasteiger partial charge in [-0.15, -0.1) is 0 Å². The van der Waals surface area contributed by atoms with Crippen LogP contribution in [0.25, 0.3) is 0 Å². The van der Waals surface area contributed by atoms with E-state index in [1.807, 2.05) is 19.2 Å². The van der Waals surface area contributed by atoms with Gasteiger partial charge < -0.3 is 36.2 Å². The highest BCUT2D eigenvalue weighted by molar-refractivity contribution is 5.76. The van der Waals surface area contributed by atoms with Gasteiger partial charge in [0.05, 0.1) is 18.2 Å². The van der Waals surface area contributed by atoms with E-state index in [2.05, 4.69) is 44.9 Å². The second-order valence-electron chi connectivity index (χ2n) is 12.4. The van der Waals surface area contributed by atoms with Crippen LogP contribution in [0.4, 0.5) is 9.18 Å². The number of carbonyl (C=O) groups excluding carboxylic acids is 1. The molecule has 0 aromatic heterocycles. The van der Waals surface area contributed by atoms with Gasteiger partial charge in [-0.05, 0) is 95.5 Å². The van der Waals surface area contributed by atoms with Crippen LogP contribution >= 0.6 is 0 Å². The monoisotopic (exact) mass is 580 g/mol. The molecule has 41 heavy (non-hydrogen) atoms. The number of allylic oxidation sites excluding steroid dienone is 1. The number of urea groups is 1. The molecule has 0 spiro atoms. The molecule has 11 heteroatoms. The smallest absolute Gasteiger partial charge is 0.319 e. The van der Waals surface area contributed by atoms with Gasteiger partial charge in [-0.3, -0.25) is 10.6 Å². The van der Waals surface area contributed by atoms with Crippen LogP contribution in [-0.4, -0.2) is 84.8 Å². The summed E-state index contributed by atoms with van der Waals surface area (Å²) in [5.41, 5.74) is 0.877. The van der Waals surface area contributed by atoms with Crippen LogP contribution in [0.1, 0.15) is 78.1 Å². The van der Waals surface area contributed by atoms with Crippen LogP contribution in [0, 0.1) is 11.8 Å². The number of hydrogen-bond donors (Lipinski definition) is 8. The molecule has 0 aromatic carbocycles. The number of ether oxygens (including phenoxy) is 1. The van der Waals surface area contributed by atoms with Crippen LogP contribution in [0.5, 0.6) is 0 Å². The molecule has 0 aromatic rings. The summed E-state index contributed by atoms with van der Waals surface area (Å²) in [4.78, 5) is 12.5. The number of carbonyl (C=O) groups is 1. The molecule has 10 nitrogen and oxygen atoms in total. The fraction of sp³-hybridized carbons (Fsp3) is 0.833. The fourth-order valence-corrected chi connectivity index (χ4v) is 6.60. The van der Waals surface area contributed by atoms with Crippen molar-refractivity contribution in [2.75, 3.05) is 19.6 Å². The summed E-state index contributed by atoms with van der Waals surface area (Å²) in [6.07, 6.45) is 11.7. The minimum absolute atomic E-state index is 0.0132. The Hall–Kier alpha value is -1.76. The molecule has 2 fully saturated rings. The summed E-state index contributed by atoms with van der Waals surface area (Å²) < 4.78 is 20.6. The molecule has 2 aliphatic carbocycles. The van der Waals surface area contributed by atoms with Gasteiger partial charge in [0.2, 0.25) is 0 Å². The van der Waals surface area contributed by atoms with Gasteiger partial charge in [0, 0.05) is 30.2 Å². The van der Waals surface area contributed by atoms with Crippen molar-refractivity contribution in [3.05, 3.63) is 24.0 Å². The third-order valence-electron chi connectivity index (χ3n) is 9.03. The van der Waals surface area contributed by atoms with Crippen LogP contribution in [-0.2, 0) is 4.74 Å². The van der Waals surface area contributed by atoms with Gasteiger partial charge in [0.15, 0.2) is 0 Å². The number of nitrogens with one attached hydrogen (secondary N) is 6. The zero-order valence-electron chi connectivity index (χ0n) is 24.8. The van der Waals surface area contributed by atoms with Crippen LogP contribution < -0.4 is 31.9 Å². The van der Waals surface area contributed by atoms with Crippen molar-refractivity contribution in [1.82, 2.24) is 31.9 Å². The Morgan fingerprint density at radius 3 is 2.80 bits per heavy atom. The number of hydrogen-bond acceptors (Lipinski definition) is 8. The molecule has 1 saturated carbocycles. The Bertz CT molecular complexity index is 878. The van der Waals surface area contributed by atoms with E-state index in [0.29, 0.717) is 31.7 Å². The van der Waals surface area contributed by atoms with E-state index in [9.17, 15) is 19.4 Å². The molecule has 2 aliphatic heterocycles. The Morgan fingerprint density at radius 1 is 1.17 bits per heavy atom. The number of rotatable bonds is 13. The van der Waals surface area contributed by atoms with Gasteiger partial charge in [-0.1, -0.05) is 19.9 Å².